The molecule has 2 aliphatic heterocycles. The van der Waals surface area contributed by atoms with E-state index in [9.17, 15) is 0 Å². The summed E-state index contributed by atoms with van der Waals surface area (Å²) in [5.74, 6) is 0. The van der Waals surface area contributed by atoms with Crippen molar-refractivity contribution < 1.29 is 9.47 Å². The van der Waals surface area contributed by atoms with Crippen molar-refractivity contribution in [1.29, 1.82) is 0 Å². The Bertz CT molecular complexity index is 318. The smallest absolute Gasteiger partial charge is 0.0697 e. The lowest BCUT2D eigenvalue weighted by Gasteiger charge is -2.44. The van der Waals surface area contributed by atoms with Crippen molar-refractivity contribution in [2.75, 3.05) is 13.2 Å². The summed E-state index contributed by atoms with van der Waals surface area (Å²) in [4.78, 5) is 0. The van der Waals surface area contributed by atoms with Crippen molar-refractivity contribution in [3.63, 3.8) is 0 Å². The molecule has 1 saturated carbocycles. The Morgan fingerprint density at radius 2 is 1.52 bits per heavy atom. The molecule has 2 heterocycles. The second-order valence-electron chi connectivity index (χ2n) is 7.52. The van der Waals surface area contributed by atoms with E-state index < -0.39 is 0 Å². The van der Waals surface area contributed by atoms with Gasteiger partial charge in [0.2, 0.25) is 0 Å². The molecule has 2 atom stereocenters. The molecule has 21 heavy (non-hydrogen) atoms. The normalized spacial score (nSPS) is 35.1. The minimum Gasteiger partial charge on any atom is -0.375 e. The molecule has 1 spiro atoms. The third-order valence-electron chi connectivity index (χ3n) is 6.26. The Kier molecular flexibility index (Phi) is 4.92. The van der Waals surface area contributed by atoms with Crippen LogP contribution in [0.4, 0.5) is 0 Å². The van der Waals surface area contributed by atoms with Crippen molar-refractivity contribution in [2.24, 2.45) is 0 Å². The first-order chi connectivity index (χ1) is 10.2. The predicted molar refractivity (Wildman–Crippen MR) is 85.6 cm³/mol. The fourth-order valence-corrected chi connectivity index (χ4v) is 4.78. The first-order valence-electron chi connectivity index (χ1n) is 9.23. The quantitative estimate of drug-likeness (QED) is 0.855. The zero-order valence-corrected chi connectivity index (χ0v) is 14.0. The predicted octanol–water partition coefficient (Wildman–Crippen LogP) is 3.81. The average Bonchev–Trinajstić information content (AvgIpc) is 2.95. The fraction of sp³-hybridized carbons (Fsp3) is 1.00. The van der Waals surface area contributed by atoms with Gasteiger partial charge < -0.3 is 14.8 Å². The molecular formula is C18H33NO2. The highest BCUT2D eigenvalue weighted by Gasteiger charge is 2.41. The van der Waals surface area contributed by atoms with Gasteiger partial charge in [0.25, 0.3) is 0 Å². The molecule has 0 aromatic heterocycles. The van der Waals surface area contributed by atoms with Gasteiger partial charge in [-0.25, -0.2) is 0 Å². The first kappa shape index (κ1) is 15.8. The lowest BCUT2D eigenvalue weighted by molar-refractivity contribution is -0.105. The molecule has 3 nitrogen and oxygen atoms in total. The van der Waals surface area contributed by atoms with Crippen LogP contribution < -0.4 is 5.32 Å². The number of ether oxygens (including phenoxy) is 2. The average molecular weight is 295 g/mol. The maximum absolute atomic E-state index is 6.16. The maximum atomic E-state index is 6.16. The van der Waals surface area contributed by atoms with E-state index in [2.05, 4.69) is 19.2 Å². The minimum atomic E-state index is 0.131. The Morgan fingerprint density at radius 3 is 2.19 bits per heavy atom. The van der Waals surface area contributed by atoms with E-state index >= 15 is 0 Å². The van der Waals surface area contributed by atoms with Gasteiger partial charge in [0.05, 0.1) is 11.2 Å². The van der Waals surface area contributed by atoms with Gasteiger partial charge in [0.1, 0.15) is 0 Å². The van der Waals surface area contributed by atoms with Crippen LogP contribution in [-0.4, -0.2) is 36.5 Å². The number of hydrogen-bond acceptors (Lipinski definition) is 3. The molecule has 3 rings (SSSR count). The van der Waals surface area contributed by atoms with Crippen molar-refractivity contribution in [3.05, 3.63) is 0 Å². The highest BCUT2D eigenvalue weighted by Crippen LogP contribution is 2.40. The molecular weight excluding hydrogens is 262 g/mol. The summed E-state index contributed by atoms with van der Waals surface area (Å²) >= 11 is 0. The minimum absolute atomic E-state index is 0.131. The molecule has 1 N–H and O–H groups in total. The van der Waals surface area contributed by atoms with Gasteiger partial charge in [-0.15, -0.1) is 0 Å². The van der Waals surface area contributed by atoms with Crippen LogP contribution in [0.1, 0.15) is 78.1 Å². The van der Waals surface area contributed by atoms with Crippen LogP contribution in [0.25, 0.3) is 0 Å². The van der Waals surface area contributed by atoms with Crippen molar-refractivity contribution in [3.8, 4) is 0 Å². The van der Waals surface area contributed by atoms with Gasteiger partial charge >= 0.3 is 0 Å². The summed E-state index contributed by atoms with van der Waals surface area (Å²) in [7, 11) is 0. The Balaban J connectivity index is 1.56. The molecule has 3 heteroatoms. The van der Waals surface area contributed by atoms with Gasteiger partial charge in [0.15, 0.2) is 0 Å². The molecule has 0 aromatic carbocycles. The van der Waals surface area contributed by atoms with Crippen molar-refractivity contribution >= 4 is 0 Å². The number of rotatable bonds is 4. The molecule has 0 bridgehead atoms. The van der Waals surface area contributed by atoms with E-state index in [4.69, 9.17) is 9.47 Å². The van der Waals surface area contributed by atoms with Gasteiger partial charge in [-0.1, -0.05) is 26.7 Å². The second-order valence-corrected chi connectivity index (χ2v) is 7.52. The number of hydrogen-bond donors (Lipinski definition) is 1. The van der Waals surface area contributed by atoms with E-state index in [0.29, 0.717) is 12.1 Å². The Morgan fingerprint density at radius 1 is 0.905 bits per heavy atom. The molecule has 1 aliphatic carbocycles. The summed E-state index contributed by atoms with van der Waals surface area (Å²) in [6.45, 7) is 6.42. The molecule has 0 radical (unpaired) electrons. The largest absolute Gasteiger partial charge is 0.375 e. The first-order valence-corrected chi connectivity index (χ1v) is 9.23. The lowest BCUT2D eigenvalue weighted by atomic mass is 9.84. The zero-order valence-electron chi connectivity index (χ0n) is 14.0. The van der Waals surface area contributed by atoms with Crippen LogP contribution in [0.2, 0.25) is 0 Å². The molecule has 3 fully saturated rings. The van der Waals surface area contributed by atoms with E-state index in [1.807, 2.05) is 0 Å². The topological polar surface area (TPSA) is 30.5 Å². The van der Waals surface area contributed by atoms with Gasteiger partial charge in [-0.2, -0.15) is 0 Å². The number of nitrogens with one attached hydrogen (secondary N) is 1. The Hall–Kier alpha value is -0.120. The van der Waals surface area contributed by atoms with E-state index in [0.717, 1.165) is 26.1 Å². The summed E-state index contributed by atoms with van der Waals surface area (Å²) < 4.78 is 12.3. The Labute approximate surface area is 130 Å². The fourth-order valence-electron chi connectivity index (χ4n) is 4.78. The zero-order chi connectivity index (χ0) is 14.8. The molecule has 122 valence electrons. The SMILES string of the molecule is CCC1(CC)CC(NC2CCOC3(CCCC3)C2)CCO1. The standard InChI is InChI=1S/C18H33NO2/c1-3-17(4-2)13-15(7-11-20-17)19-16-8-12-21-18(14-16)9-5-6-10-18/h15-16,19H,3-14H2,1-2H3. The van der Waals surface area contributed by atoms with Crippen LogP contribution in [0.5, 0.6) is 0 Å². The molecule has 3 aliphatic rings. The third kappa shape index (κ3) is 3.46. The van der Waals surface area contributed by atoms with Gasteiger partial charge in [-0.05, 0) is 51.4 Å². The lowest BCUT2D eigenvalue weighted by Crippen LogP contribution is -2.53. The van der Waals surface area contributed by atoms with Crippen molar-refractivity contribution in [2.45, 2.75) is 101 Å². The summed E-state index contributed by atoms with van der Waals surface area (Å²) in [6, 6.07) is 1.30. The third-order valence-corrected chi connectivity index (χ3v) is 6.26. The summed E-state index contributed by atoms with van der Waals surface area (Å²) in [5.41, 5.74) is 0.361. The summed E-state index contributed by atoms with van der Waals surface area (Å²) in [5, 5.41) is 3.97. The van der Waals surface area contributed by atoms with Crippen molar-refractivity contribution in [1.82, 2.24) is 5.32 Å². The molecule has 2 saturated heterocycles. The van der Waals surface area contributed by atoms with Gasteiger partial charge in [0, 0.05) is 25.3 Å². The van der Waals surface area contributed by atoms with Crippen LogP contribution in [0.15, 0.2) is 0 Å². The highest BCUT2D eigenvalue weighted by molar-refractivity contribution is 4.96. The summed E-state index contributed by atoms with van der Waals surface area (Å²) in [6.07, 6.45) is 12.3. The molecule has 0 aromatic rings. The van der Waals surface area contributed by atoms with Gasteiger partial charge in [-0.3, -0.25) is 0 Å². The second kappa shape index (κ2) is 6.55. The van der Waals surface area contributed by atoms with Crippen LogP contribution >= 0.6 is 0 Å². The highest BCUT2D eigenvalue weighted by atomic mass is 16.5. The van der Waals surface area contributed by atoms with E-state index in [1.54, 1.807) is 0 Å². The molecule has 2 unspecified atom stereocenters. The van der Waals surface area contributed by atoms with Crippen LogP contribution in [0.3, 0.4) is 0 Å². The monoisotopic (exact) mass is 295 g/mol. The van der Waals surface area contributed by atoms with E-state index in [1.165, 1.54) is 51.4 Å². The van der Waals surface area contributed by atoms with E-state index in [-0.39, 0.29) is 11.2 Å². The molecule has 0 amide bonds. The van der Waals surface area contributed by atoms with Crippen LogP contribution in [-0.2, 0) is 9.47 Å². The maximum Gasteiger partial charge on any atom is 0.0697 e. The van der Waals surface area contributed by atoms with Crippen LogP contribution in [0, 0.1) is 0 Å².